The molecule has 6 nitrogen and oxygen atoms in total. The Morgan fingerprint density at radius 3 is 2.80 bits per heavy atom. The average Bonchev–Trinajstić information content (AvgIpc) is 3.21. The Balaban J connectivity index is 1.87. The van der Waals surface area contributed by atoms with Gasteiger partial charge in [-0.15, -0.1) is 0 Å². The van der Waals surface area contributed by atoms with Gasteiger partial charge in [-0.1, -0.05) is 0 Å². The van der Waals surface area contributed by atoms with Gasteiger partial charge in [-0.05, 0) is 43.3 Å². The maximum Gasteiger partial charge on any atom is 0.276 e. The van der Waals surface area contributed by atoms with Crippen molar-refractivity contribution in [2.24, 2.45) is 0 Å². The second kappa shape index (κ2) is 7.41. The molecule has 2 fully saturated rings. The van der Waals surface area contributed by atoms with Gasteiger partial charge < -0.3 is 19.1 Å². The molecule has 1 atom stereocenters. The summed E-state index contributed by atoms with van der Waals surface area (Å²) in [5.74, 6) is 1.22. The van der Waals surface area contributed by atoms with Gasteiger partial charge in [0.15, 0.2) is 5.11 Å². The zero-order valence-electron chi connectivity index (χ0n) is 14.7. The van der Waals surface area contributed by atoms with E-state index in [-0.39, 0.29) is 12.0 Å². The predicted molar refractivity (Wildman–Crippen MR) is 98.6 cm³/mol. The van der Waals surface area contributed by atoms with Crippen LogP contribution in [0, 0.1) is 0 Å². The Bertz CT molecular complexity index is 713. The van der Waals surface area contributed by atoms with E-state index in [4.69, 9.17) is 26.4 Å². The molecule has 0 aliphatic carbocycles. The molecule has 0 spiro atoms. The van der Waals surface area contributed by atoms with Crippen LogP contribution in [0.1, 0.15) is 18.4 Å². The molecule has 1 aromatic rings. The van der Waals surface area contributed by atoms with E-state index in [1.165, 1.54) is 0 Å². The van der Waals surface area contributed by atoms with E-state index >= 15 is 0 Å². The number of hydrogen-bond acceptors (Lipinski definition) is 5. The molecule has 25 heavy (non-hydrogen) atoms. The quantitative estimate of drug-likeness (QED) is 0.592. The van der Waals surface area contributed by atoms with Gasteiger partial charge in [-0.3, -0.25) is 9.69 Å². The summed E-state index contributed by atoms with van der Waals surface area (Å²) >= 11 is 5.45. The molecule has 0 bridgehead atoms. The second-order valence-corrected chi connectivity index (χ2v) is 6.39. The number of thiocarbonyl (C=S) groups is 1. The van der Waals surface area contributed by atoms with Gasteiger partial charge in [-0.25, -0.2) is 0 Å². The molecule has 134 valence electrons. The minimum Gasteiger partial charge on any atom is -0.497 e. The highest BCUT2D eigenvalue weighted by Gasteiger charge is 2.37. The molecule has 3 rings (SSSR count). The third-order valence-corrected chi connectivity index (χ3v) is 4.98. The minimum absolute atomic E-state index is 0.0603. The van der Waals surface area contributed by atoms with Crippen molar-refractivity contribution in [1.82, 2.24) is 9.80 Å². The Hall–Kier alpha value is -2.12. The van der Waals surface area contributed by atoms with Crippen LogP contribution in [0.4, 0.5) is 0 Å². The van der Waals surface area contributed by atoms with Crippen LogP contribution < -0.4 is 9.47 Å². The summed E-state index contributed by atoms with van der Waals surface area (Å²) < 4.78 is 16.3. The van der Waals surface area contributed by atoms with Crippen LogP contribution in [-0.2, 0) is 9.53 Å². The van der Waals surface area contributed by atoms with Gasteiger partial charge in [0.25, 0.3) is 5.91 Å². The largest absolute Gasteiger partial charge is 0.497 e. The molecule has 0 unspecified atom stereocenters. The van der Waals surface area contributed by atoms with Crippen molar-refractivity contribution in [3.05, 3.63) is 29.5 Å². The van der Waals surface area contributed by atoms with E-state index < -0.39 is 0 Å². The van der Waals surface area contributed by atoms with E-state index in [0.29, 0.717) is 28.9 Å². The molecule has 0 N–H and O–H groups in total. The first-order valence-electron chi connectivity index (χ1n) is 8.20. The standard InChI is InChI=1S/C18H22N2O4S/c1-19-15(9-12-6-7-13(22-2)10-16(12)23-3)17(21)20(18(19)25)11-14-5-4-8-24-14/h6-7,9-10,14H,4-5,8,11H2,1-3H3/b15-9+/t14-/m0/s1. The molecule has 0 saturated carbocycles. The lowest BCUT2D eigenvalue weighted by atomic mass is 10.1. The van der Waals surface area contributed by atoms with Gasteiger partial charge in [0.2, 0.25) is 0 Å². The van der Waals surface area contributed by atoms with Crippen LogP contribution >= 0.6 is 12.2 Å². The maximum absolute atomic E-state index is 12.8. The maximum atomic E-state index is 12.8. The van der Waals surface area contributed by atoms with Crippen LogP contribution in [0.2, 0.25) is 0 Å². The summed E-state index contributed by atoms with van der Waals surface area (Å²) in [5, 5.41) is 0.499. The Kier molecular flexibility index (Phi) is 5.24. The third kappa shape index (κ3) is 3.48. The van der Waals surface area contributed by atoms with E-state index in [1.807, 2.05) is 12.1 Å². The van der Waals surface area contributed by atoms with Crippen molar-refractivity contribution in [3.63, 3.8) is 0 Å². The lowest BCUT2D eigenvalue weighted by molar-refractivity contribution is -0.123. The van der Waals surface area contributed by atoms with Crippen molar-refractivity contribution < 1.29 is 19.0 Å². The molecular weight excluding hydrogens is 340 g/mol. The van der Waals surface area contributed by atoms with Gasteiger partial charge >= 0.3 is 0 Å². The molecular formula is C18H22N2O4S. The van der Waals surface area contributed by atoms with Crippen LogP contribution in [0.5, 0.6) is 11.5 Å². The number of hydrogen-bond donors (Lipinski definition) is 0. The van der Waals surface area contributed by atoms with Crippen LogP contribution in [0.15, 0.2) is 23.9 Å². The molecule has 1 aromatic carbocycles. The number of likely N-dealkylation sites (N-methyl/N-ethyl adjacent to an activating group) is 1. The van der Waals surface area contributed by atoms with Crippen molar-refractivity contribution in [1.29, 1.82) is 0 Å². The highest BCUT2D eigenvalue weighted by atomic mass is 32.1. The van der Waals surface area contributed by atoms with Crippen LogP contribution in [0.25, 0.3) is 6.08 Å². The summed E-state index contributed by atoms with van der Waals surface area (Å²) in [4.78, 5) is 16.2. The fraction of sp³-hybridized carbons (Fsp3) is 0.444. The molecule has 1 amide bonds. The lowest BCUT2D eigenvalue weighted by Gasteiger charge is -2.19. The third-order valence-electron chi connectivity index (χ3n) is 4.49. The number of nitrogens with zero attached hydrogens (tertiary/aromatic N) is 2. The number of benzene rings is 1. The molecule has 2 heterocycles. The average molecular weight is 362 g/mol. The first-order valence-corrected chi connectivity index (χ1v) is 8.61. The van der Waals surface area contributed by atoms with E-state index in [1.54, 1.807) is 43.2 Å². The zero-order valence-corrected chi connectivity index (χ0v) is 15.5. The summed E-state index contributed by atoms with van der Waals surface area (Å²) in [6.07, 6.45) is 3.84. The SMILES string of the molecule is COc1ccc(/C=C2\C(=O)N(C[C@@H]3CCCO3)C(=S)N2C)c(OC)c1. The van der Waals surface area contributed by atoms with E-state index in [2.05, 4.69) is 0 Å². The monoisotopic (exact) mass is 362 g/mol. The Labute approximate surface area is 152 Å². The molecule has 0 aromatic heterocycles. The molecule has 2 aliphatic rings. The number of carbonyl (C=O) groups is 1. The summed E-state index contributed by atoms with van der Waals surface area (Å²) in [5.41, 5.74) is 1.31. The van der Waals surface area contributed by atoms with Crippen LogP contribution in [0.3, 0.4) is 0 Å². The lowest BCUT2D eigenvalue weighted by Crippen LogP contribution is -2.37. The zero-order chi connectivity index (χ0) is 18.0. The highest BCUT2D eigenvalue weighted by molar-refractivity contribution is 7.80. The predicted octanol–water partition coefficient (Wildman–Crippen LogP) is 2.28. The molecule has 2 aliphatic heterocycles. The molecule has 0 radical (unpaired) electrons. The van der Waals surface area contributed by atoms with Gasteiger partial charge in [0, 0.05) is 25.3 Å². The summed E-state index contributed by atoms with van der Waals surface area (Å²) in [7, 11) is 4.99. The van der Waals surface area contributed by atoms with Crippen molar-refractivity contribution in [2.45, 2.75) is 18.9 Å². The van der Waals surface area contributed by atoms with Gasteiger partial charge in [0.05, 0.1) is 26.9 Å². The molecule has 2 saturated heterocycles. The normalized spacial score (nSPS) is 22.2. The van der Waals surface area contributed by atoms with Crippen molar-refractivity contribution in [2.75, 3.05) is 34.4 Å². The first kappa shape index (κ1) is 17.7. The fourth-order valence-electron chi connectivity index (χ4n) is 3.05. The molecule has 7 heteroatoms. The summed E-state index contributed by atoms with van der Waals surface area (Å²) in [6.45, 7) is 1.25. The number of amides is 1. The number of rotatable bonds is 5. The number of ether oxygens (including phenoxy) is 3. The topological polar surface area (TPSA) is 51.2 Å². The highest BCUT2D eigenvalue weighted by Crippen LogP contribution is 2.30. The fourth-order valence-corrected chi connectivity index (χ4v) is 3.31. The van der Waals surface area contributed by atoms with Gasteiger partial charge in [0.1, 0.15) is 17.2 Å². The number of carbonyl (C=O) groups excluding carboxylic acids is 1. The number of methoxy groups -OCH3 is 2. The first-order chi connectivity index (χ1) is 12.0. The Morgan fingerprint density at radius 1 is 1.36 bits per heavy atom. The van der Waals surface area contributed by atoms with Gasteiger partial charge in [-0.2, -0.15) is 0 Å². The van der Waals surface area contributed by atoms with E-state index in [0.717, 1.165) is 25.0 Å². The Morgan fingerprint density at radius 2 is 2.16 bits per heavy atom. The van der Waals surface area contributed by atoms with Crippen molar-refractivity contribution in [3.8, 4) is 11.5 Å². The minimum atomic E-state index is -0.110. The van der Waals surface area contributed by atoms with E-state index in [9.17, 15) is 4.79 Å². The van der Waals surface area contributed by atoms with Crippen LogP contribution in [-0.4, -0.2) is 61.3 Å². The second-order valence-electron chi connectivity index (χ2n) is 6.03. The smallest absolute Gasteiger partial charge is 0.276 e. The summed E-state index contributed by atoms with van der Waals surface area (Å²) in [6, 6.07) is 5.47. The van der Waals surface area contributed by atoms with Crippen molar-refractivity contribution >= 4 is 29.3 Å².